The Balaban J connectivity index is 1.54. The van der Waals surface area contributed by atoms with Gasteiger partial charge >= 0.3 is 0 Å². The van der Waals surface area contributed by atoms with E-state index in [4.69, 9.17) is 11.6 Å². The number of halogens is 1. The van der Waals surface area contributed by atoms with E-state index in [0.717, 1.165) is 25.2 Å². The van der Waals surface area contributed by atoms with E-state index >= 15 is 0 Å². The molecule has 1 aliphatic heterocycles. The Hall–Kier alpha value is -2.10. The maximum atomic E-state index is 12.1. The fraction of sp³-hybridized carbons (Fsp3) is 0.211. The van der Waals surface area contributed by atoms with Crippen molar-refractivity contribution in [1.29, 1.82) is 0 Å². The highest BCUT2D eigenvalue weighted by Crippen LogP contribution is 2.22. The van der Waals surface area contributed by atoms with Crippen LogP contribution in [-0.2, 0) is 4.79 Å². The first kappa shape index (κ1) is 15.8. The summed E-state index contributed by atoms with van der Waals surface area (Å²) in [6.07, 6.45) is 3.18. The molecule has 0 fully saturated rings. The molecule has 0 bridgehead atoms. The van der Waals surface area contributed by atoms with Crippen molar-refractivity contribution in [2.24, 2.45) is 0 Å². The Morgan fingerprint density at radius 1 is 1.13 bits per heavy atom. The lowest BCUT2D eigenvalue weighted by atomic mass is 10.00. The number of anilines is 1. The van der Waals surface area contributed by atoms with Crippen LogP contribution in [0.3, 0.4) is 0 Å². The molecule has 23 heavy (non-hydrogen) atoms. The summed E-state index contributed by atoms with van der Waals surface area (Å²) in [7, 11) is 0. The highest BCUT2D eigenvalue weighted by Gasteiger charge is 2.15. The first-order valence-electron chi connectivity index (χ1n) is 7.73. The Kier molecular flexibility index (Phi) is 5.11. The van der Waals surface area contributed by atoms with Crippen molar-refractivity contribution in [2.75, 3.05) is 25.0 Å². The van der Waals surface area contributed by atoms with E-state index < -0.39 is 0 Å². The molecule has 0 aromatic heterocycles. The number of carbonyl (C=O) groups excluding carboxylic acids is 1. The number of amides is 1. The van der Waals surface area contributed by atoms with Gasteiger partial charge in [-0.25, -0.2) is 0 Å². The molecule has 1 aliphatic rings. The molecule has 1 amide bonds. The molecule has 0 radical (unpaired) electrons. The van der Waals surface area contributed by atoms with Crippen LogP contribution >= 0.6 is 11.6 Å². The van der Waals surface area contributed by atoms with E-state index in [1.54, 1.807) is 12.1 Å². The van der Waals surface area contributed by atoms with E-state index in [2.05, 4.69) is 40.6 Å². The zero-order valence-corrected chi connectivity index (χ0v) is 13.6. The third-order valence-corrected chi connectivity index (χ3v) is 4.15. The number of benzene rings is 2. The Labute approximate surface area is 141 Å². The van der Waals surface area contributed by atoms with Gasteiger partial charge in [-0.1, -0.05) is 54.1 Å². The quantitative estimate of drug-likeness (QED) is 0.918. The normalized spacial score (nSPS) is 15.1. The SMILES string of the molecule is O=C(CN1CC=C(c2ccccc2)CC1)Nc1cccc(Cl)c1. The highest BCUT2D eigenvalue weighted by atomic mass is 35.5. The average molecular weight is 327 g/mol. The molecule has 118 valence electrons. The van der Waals surface area contributed by atoms with Crippen LogP contribution in [0.4, 0.5) is 5.69 Å². The van der Waals surface area contributed by atoms with Gasteiger partial charge in [0.2, 0.25) is 5.91 Å². The van der Waals surface area contributed by atoms with Crippen molar-refractivity contribution >= 4 is 28.8 Å². The molecule has 0 saturated heterocycles. The second-order valence-corrected chi connectivity index (χ2v) is 6.08. The standard InChI is InChI=1S/C19H19ClN2O/c20-17-7-4-8-18(13-17)21-19(23)14-22-11-9-16(10-12-22)15-5-2-1-3-6-15/h1-9,13H,10-12,14H2,(H,21,23). The number of nitrogens with zero attached hydrogens (tertiary/aromatic N) is 1. The van der Waals surface area contributed by atoms with Gasteiger partial charge in [0.15, 0.2) is 0 Å². The molecule has 1 heterocycles. The lowest BCUT2D eigenvalue weighted by Crippen LogP contribution is -2.36. The zero-order chi connectivity index (χ0) is 16.1. The molecule has 2 aromatic rings. The summed E-state index contributed by atoms with van der Waals surface area (Å²) < 4.78 is 0. The van der Waals surface area contributed by atoms with Gasteiger partial charge in [0.25, 0.3) is 0 Å². The summed E-state index contributed by atoms with van der Waals surface area (Å²) >= 11 is 5.92. The molecule has 2 aromatic carbocycles. The van der Waals surface area contributed by atoms with Crippen molar-refractivity contribution in [2.45, 2.75) is 6.42 Å². The molecule has 0 atom stereocenters. The average Bonchev–Trinajstić information content (AvgIpc) is 2.56. The molecule has 0 unspecified atom stereocenters. The van der Waals surface area contributed by atoms with Crippen LogP contribution in [0.15, 0.2) is 60.7 Å². The number of hydrogen-bond donors (Lipinski definition) is 1. The summed E-state index contributed by atoms with van der Waals surface area (Å²) in [5.74, 6) is -0.0103. The molecule has 4 heteroatoms. The monoisotopic (exact) mass is 326 g/mol. The Bertz CT molecular complexity index is 712. The maximum absolute atomic E-state index is 12.1. The van der Waals surface area contributed by atoms with Crippen LogP contribution in [0.1, 0.15) is 12.0 Å². The van der Waals surface area contributed by atoms with Crippen molar-refractivity contribution in [3.63, 3.8) is 0 Å². The second-order valence-electron chi connectivity index (χ2n) is 5.64. The minimum Gasteiger partial charge on any atom is -0.325 e. The van der Waals surface area contributed by atoms with Gasteiger partial charge in [-0.2, -0.15) is 0 Å². The predicted octanol–water partition coefficient (Wildman–Crippen LogP) is 4.07. The lowest BCUT2D eigenvalue weighted by Gasteiger charge is -2.25. The smallest absolute Gasteiger partial charge is 0.238 e. The molecular formula is C19H19ClN2O. The van der Waals surface area contributed by atoms with Crippen LogP contribution in [0.5, 0.6) is 0 Å². The third kappa shape index (κ3) is 4.44. The summed E-state index contributed by atoms with van der Waals surface area (Å²) in [6.45, 7) is 2.09. The van der Waals surface area contributed by atoms with Crippen LogP contribution < -0.4 is 5.32 Å². The largest absolute Gasteiger partial charge is 0.325 e. The summed E-state index contributed by atoms with van der Waals surface area (Å²) in [6, 6.07) is 17.6. The van der Waals surface area contributed by atoms with Gasteiger partial charge in [0.05, 0.1) is 6.54 Å². The van der Waals surface area contributed by atoms with Crippen molar-refractivity contribution < 1.29 is 4.79 Å². The third-order valence-electron chi connectivity index (χ3n) is 3.91. The highest BCUT2D eigenvalue weighted by molar-refractivity contribution is 6.30. The Morgan fingerprint density at radius 3 is 2.65 bits per heavy atom. The molecule has 0 aliphatic carbocycles. The van der Waals surface area contributed by atoms with Gasteiger partial charge in [-0.15, -0.1) is 0 Å². The maximum Gasteiger partial charge on any atom is 0.238 e. The molecule has 1 N–H and O–H groups in total. The summed E-state index contributed by atoms with van der Waals surface area (Å²) in [5, 5.41) is 3.51. The van der Waals surface area contributed by atoms with Gasteiger partial charge in [0.1, 0.15) is 0 Å². The molecule has 0 saturated carbocycles. The fourth-order valence-corrected chi connectivity index (χ4v) is 2.93. The minimum absolute atomic E-state index is 0.0103. The van der Waals surface area contributed by atoms with E-state index in [1.165, 1.54) is 11.1 Å². The fourth-order valence-electron chi connectivity index (χ4n) is 2.74. The van der Waals surface area contributed by atoms with E-state index in [9.17, 15) is 4.79 Å². The van der Waals surface area contributed by atoms with Crippen LogP contribution in [0, 0.1) is 0 Å². The van der Waals surface area contributed by atoms with Crippen molar-refractivity contribution in [3.8, 4) is 0 Å². The van der Waals surface area contributed by atoms with E-state index in [-0.39, 0.29) is 5.91 Å². The van der Waals surface area contributed by atoms with Crippen LogP contribution in [0.2, 0.25) is 5.02 Å². The predicted molar refractivity (Wildman–Crippen MR) is 95.6 cm³/mol. The molecule has 3 nitrogen and oxygen atoms in total. The summed E-state index contributed by atoms with van der Waals surface area (Å²) in [5.41, 5.74) is 3.37. The van der Waals surface area contributed by atoms with Gasteiger partial charge in [-0.05, 0) is 35.8 Å². The topological polar surface area (TPSA) is 32.3 Å². The van der Waals surface area contributed by atoms with Gasteiger partial charge in [-0.3, -0.25) is 9.69 Å². The molecule has 0 spiro atoms. The zero-order valence-electron chi connectivity index (χ0n) is 12.8. The number of carbonyl (C=O) groups is 1. The van der Waals surface area contributed by atoms with Crippen molar-refractivity contribution in [3.05, 3.63) is 71.3 Å². The van der Waals surface area contributed by atoms with E-state index in [1.807, 2.05) is 18.2 Å². The van der Waals surface area contributed by atoms with Crippen molar-refractivity contribution in [1.82, 2.24) is 4.90 Å². The minimum atomic E-state index is -0.0103. The first-order valence-corrected chi connectivity index (χ1v) is 8.11. The lowest BCUT2D eigenvalue weighted by molar-refractivity contribution is -0.117. The molecular weight excluding hydrogens is 308 g/mol. The number of nitrogens with one attached hydrogen (secondary N) is 1. The summed E-state index contributed by atoms with van der Waals surface area (Å²) in [4.78, 5) is 14.3. The first-order chi connectivity index (χ1) is 11.2. The second kappa shape index (κ2) is 7.44. The number of hydrogen-bond acceptors (Lipinski definition) is 2. The van der Waals surface area contributed by atoms with Gasteiger partial charge < -0.3 is 5.32 Å². The Morgan fingerprint density at radius 2 is 1.96 bits per heavy atom. The van der Waals surface area contributed by atoms with Crippen LogP contribution in [0.25, 0.3) is 5.57 Å². The number of rotatable bonds is 4. The van der Waals surface area contributed by atoms with E-state index in [0.29, 0.717) is 11.6 Å². The van der Waals surface area contributed by atoms with Crippen LogP contribution in [-0.4, -0.2) is 30.4 Å². The molecule has 3 rings (SSSR count). The van der Waals surface area contributed by atoms with Gasteiger partial charge in [0, 0.05) is 23.8 Å².